The minimum atomic E-state index is -0.829. The van der Waals surface area contributed by atoms with E-state index in [0.717, 1.165) is 17.7 Å². The second-order valence-corrected chi connectivity index (χ2v) is 7.55. The van der Waals surface area contributed by atoms with Gasteiger partial charge in [-0.25, -0.2) is 4.79 Å². The minimum Gasteiger partial charge on any atom is -0.454 e. The molecule has 30 heavy (non-hydrogen) atoms. The molecule has 1 heterocycles. The smallest absolute Gasteiger partial charge is 0.321 e. The topological polar surface area (TPSA) is 75.7 Å². The number of nitrogens with zero attached hydrogens (tertiary/aromatic N) is 1. The van der Waals surface area contributed by atoms with Crippen LogP contribution in [0.1, 0.15) is 42.6 Å². The molecule has 6 nitrogen and oxygen atoms in total. The number of carbonyl (C=O) groups is 3. The summed E-state index contributed by atoms with van der Waals surface area (Å²) in [7, 11) is 0. The van der Waals surface area contributed by atoms with Crippen LogP contribution < -0.4 is 5.32 Å². The third-order valence-electron chi connectivity index (χ3n) is 5.45. The summed E-state index contributed by atoms with van der Waals surface area (Å²) in [5, 5.41) is 2.86. The van der Waals surface area contributed by atoms with E-state index in [9.17, 15) is 14.4 Å². The van der Waals surface area contributed by atoms with Gasteiger partial charge in [0.1, 0.15) is 0 Å². The van der Waals surface area contributed by atoms with Crippen LogP contribution in [0.3, 0.4) is 0 Å². The molecule has 1 aliphatic heterocycles. The number of piperidine rings is 1. The first-order valence-electron chi connectivity index (χ1n) is 10.4. The Hall–Kier alpha value is -3.15. The zero-order valence-electron chi connectivity index (χ0n) is 17.5. The van der Waals surface area contributed by atoms with Crippen LogP contribution >= 0.6 is 0 Å². The average molecular weight is 408 g/mol. The van der Waals surface area contributed by atoms with Gasteiger partial charge in [-0.05, 0) is 43.9 Å². The van der Waals surface area contributed by atoms with E-state index < -0.39 is 6.10 Å². The van der Waals surface area contributed by atoms with Crippen molar-refractivity contribution in [2.45, 2.75) is 39.2 Å². The van der Waals surface area contributed by atoms with Crippen molar-refractivity contribution in [1.29, 1.82) is 0 Å². The molecule has 0 spiro atoms. The van der Waals surface area contributed by atoms with Gasteiger partial charge in [0.2, 0.25) is 5.78 Å². The fourth-order valence-electron chi connectivity index (χ4n) is 3.51. The summed E-state index contributed by atoms with van der Waals surface area (Å²) in [5.41, 5.74) is 2.43. The molecule has 2 aromatic carbocycles. The van der Waals surface area contributed by atoms with Gasteiger partial charge in [0, 0.05) is 24.3 Å². The Morgan fingerprint density at radius 3 is 2.27 bits per heavy atom. The zero-order valence-corrected chi connectivity index (χ0v) is 17.5. The second-order valence-electron chi connectivity index (χ2n) is 7.55. The number of urea groups is 1. The number of Topliss-reactive ketones (excluding diaryl/α,β-unsaturated/α-hetero) is 1. The summed E-state index contributed by atoms with van der Waals surface area (Å²) in [6.45, 7) is 4.60. The second kappa shape index (κ2) is 10.1. The normalized spacial score (nSPS) is 15.3. The molecule has 0 aromatic heterocycles. The molecule has 6 heteroatoms. The summed E-state index contributed by atoms with van der Waals surface area (Å²) in [5.74, 6) is -0.877. The van der Waals surface area contributed by atoms with E-state index in [-0.39, 0.29) is 23.7 Å². The van der Waals surface area contributed by atoms with E-state index in [1.807, 2.05) is 42.5 Å². The first kappa shape index (κ1) is 21.6. The lowest BCUT2D eigenvalue weighted by molar-refractivity contribution is -0.152. The van der Waals surface area contributed by atoms with E-state index in [4.69, 9.17) is 4.74 Å². The predicted molar refractivity (Wildman–Crippen MR) is 115 cm³/mol. The standard InChI is InChI=1S/C24H28N2O4/c1-3-18-9-11-19(12-10-18)22(27)17(2)30-23(28)20-13-15-26(16-14-20)24(29)25-21-7-5-4-6-8-21/h4-12,17,20H,3,13-16H2,1-2H3,(H,25,29)/t17-/m1/s1. The highest BCUT2D eigenvalue weighted by Crippen LogP contribution is 2.21. The first-order valence-corrected chi connectivity index (χ1v) is 10.4. The van der Waals surface area contributed by atoms with Crippen LogP contribution in [0.4, 0.5) is 10.5 Å². The molecule has 0 saturated carbocycles. The van der Waals surface area contributed by atoms with Crippen LogP contribution in [-0.2, 0) is 16.0 Å². The van der Waals surface area contributed by atoms with Gasteiger partial charge in [0.25, 0.3) is 0 Å². The summed E-state index contributed by atoms with van der Waals surface area (Å²) < 4.78 is 5.45. The number of carbonyl (C=O) groups excluding carboxylic acids is 3. The lowest BCUT2D eigenvalue weighted by atomic mass is 9.97. The summed E-state index contributed by atoms with van der Waals surface area (Å²) in [6.07, 6.45) is 1.12. The maximum Gasteiger partial charge on any atom is 0.321 e. The van der Waals surface area contributed by atoms with Gasteiger partial charge in [0.05, 0.1) is 5.92 Å². The maximum absolute atomic E-state index is 12.5. The van der Waals surface area contributed by atoms with Crippen LogP contribution in [0.5, 0.6) is 0 Å². The van der Waals surface area contributed by atoms with Crippen molar-refractivity contribution in [3.63, 3.8) is 0 Å². The molecule has 1 N–H and O–H groups in total. The third-order valence-corrected chi connectivity index (χ3v) is 5.45. The number of ether oxygens (including phenoxy) is 1. The molecular weight excluding hydrogens is 380 g/mol. The Morgan fingerprint density at radius 1 is 1.03 bits per heavy atom. The van der Waals surface area contributed by atoms with Gasteiger partial charge >= 0.3 is 12.0 Å². The Bertz CT molecular complexity index is 872. The van der Waals surface area contributed by atoms with Crippen molar-refractivity contribution in [2.24, 2.45) is 5.92 Å². The molecule has 1 aliphatic rings. The molecule has 1 atom stereocenters. The first-order chi connectivity index (χ1) is 14.5. The summed E-state index contributed by atoms with van der Waals surface area (Å²) in [6, 6.07) is 16.5. The van der Waals surface area contributed by atoms with Gasteiger partial charge in [-0.1, -0.05) is 49.4 Å². The Kier molecular flexibility index (Phi) is 7.22. The van der Waals surface area contributed by atoms with Crippen LogP contribution in [0.15, 0.2) is 54.6 Å². The molecule has 1 saturated heterocycles. The number of benzene rings is 2. The van der Waals surface area contributed by atoms with Crippen LogP contribution in [0.2, 0.25) is 0 Å². The quantitative estimate of drug-likeness (QED) is 0.571. The number of esters is 1. The van der Waals surface area contributed by atoms with Gasteiger partial charge in [-0.15, -0.1) is 0 Å². The molecule has 2 amide bonds. The van der Waals surface area contributed by atoms with Crippen LogP contribution in [0, 0.1) is 5.92 Å². The van der Waals surface area contributed by atoms with Crippen molar-refractivity contribution in [2.75, 3.05) is 18.4 Å². The zero-order chi connectivity index (χ0) is 21.5. The number of amides is 2. The predicted octanol–water partition coefficient (Wildman–Crippen LogP) is 4.31. The molecule has 158 valence electrons. The lowest BCUT2D eigenvalue weighted by Crippen LogP contribution is -2.43. The molecule has 0 radical (unpaired) electrons. The third kappa shape index (κ3) is 5.47. The van der Waals surface area contributed by atoms with Crippen molar-refractivity contribution >= 4 is 23.5 Å². The number of rotatable bonds is 6. The Morgan fingerprint density at radius 2 is 1.67 bits per heavy atom. The van der Waals surface area contributed by atoms with Crippen molar-refractivity contribution in [3.8, 4) is 0 Å². The number of anilines is 1. The number of hydrogen-bond acceptors (Lipinski definition) is 4. The highest BCUT2D eigenvalue weighted by Gasteiger charge is 2.30. The fourth-order valence-corrected chi connectivity index (χ4v) is 3.51. The highest BCUT2D eigenvalue weighted by molar-refractivity contribution is 6.00. The molecular formula is C24H28N2O4. The Labute approximate surface area is 177 Å². The number of aryl methyl sites for hydroxylation is 1. The molecule has 3 rings (SSSR count). The van der Waals surface area contributed by atoms with Gasteiger partial charge in [-0.3, -0.25) is 9.59 Å². The number of likely N-dealkylation sites (tertiary alicyclic amines) is 1. The van der Waals surface area contributed by atoms with E-state index in [1.54, 1.807) is 24.0 Å². The highest BCUT2D eigenvalue weighted by atomic mass is 16.5. The molecule has 0 aliphatic carbocycles. The van der Waals surface area contributed by atoms with Crippen LogP contribution in [-0.4, -0.2) is 41.9 Å². The van der Waals surface area contributed by atoms with Crippen molar-refractivity contribution in [3.05, 3.63) is 65.7 Å². The average Bonchev–Trinajstić information content (AvgIpc) is 2.79. The largest absolute Gasteiger partial charge is 0.454 e. The Balaban J connectivity index is 1.47. The van der Waals surface area contributed by atoms with Gasteiger partial charge in [-0.2, -0.15) is 0 Å². The van der Waals surface area contributed by atoms with Gasteiger partial charge < -0.3 is 15.0 Å². The van der Waals surface area contributed by atoms with E-state index in [0.29, 0.717) is 31.5 Å². The van der Waals surface area contributed by atoms with Crippen LogP contribution in [0.25, 0.3) is 0 Å². The summed E-state index contributed by atoms with van der Waals surface area (Å²) in [4.78, 5) is 39.1. The number of nitrogens with one attached hydrogen (secondary N) is 1. The number of hydrogen-bond donors (Lipinski definition) is 1. The monoisotopic (exact) mass is 408 g/mol. The van der Waals surface area contributed by atoms with E-state index >= 15 is 0 Å². The van der Waals surface area contributed by atoms with Crippen molar-refractivity contribution < 1.29 is 19.1 Å². The molecule has 2 aromatic rings. The fraction of sp³-hybridized carbons (Fsp3) is 0.375. The minimum absolute atomic E-state index is 0.174. The molecule has 0 unspecified atom stereocenters. The summed E-state index contributed by atoms with van der Waals surface area (Å²) >= 11 is 0. The van der Waals surface area contributed by atoms with E-state index in [2.05, 4.69) is 12.2 Å². The molecule has 1 fully saturated rings. The number of ketones is 1. The van der Waals surface area contributed by atoms with E-state index in [1.165, 1.54) is 0 Å². The maximum atomic E-state index is 12.5. The van der Waals surface area contributed by atoms with Crippen molar-refractivity contribution in [1.82, 2.24) is 4.90 Å². The van der Waals surface area contributed by atoms with Gasteiger partial charge in [0.15, 0.2) is 6.10 Å². The SMILES string of the molecule is CCc1ccc(C(=O)[C@@H](C)OC(=O)C2CCN(C(=O)Nc3ccccc3)CC2)cc1. The number of para-hydroxylation sites is 1. The molecule has 0 bridgehead atoms. The lowest BCUT2D eigenvalue weighted by Gasteiger charge is -2.31.